The van der Waals surface area contributed by atoms with Crippen LogP contribution in [0.4, 0.5) is 20.2 Å². The van der Waals surface area contributed by atoms with Crippen LogP contribution in [0.3, 0.4) is 0 Å². The van der Waals surface area contributed by atoms with Crippen molar-refractivity contribution in [2.45, 2.75) is 0 Å². The van der Waals surface area contributed by atoms with Gasteiger partial charge in [-0.05, 0) is 42.5 Å². The Kier molecular flexibility index (Phi) is 4.21. The van der Waals surface area contributed by atoms with E-state index in [1.165, 1.54) is 11.9 Å². The van der Waals surface area contributed by atoms with Crippen LogP contribution >= 0.6 is 0 Å². The number of rotatable bonds is 3. The molecule has 21 heavy (non-hydrogen) atoms. The predicted octanol–water partition coefficient (Wildman–Crippen LogP) is 3.31. The number of anilines is 2. The number of carbonyl (C=O) groups excluding carboxylic acids is 1. The van der Waals surface area contributed by atoms with Crippen LogP contribution in [0.1, 0.15) is 10.4 Å². The molecule has 0 bridgehead atoms. The van der Waals surface area contributed by atoms with Crippen LogP contribution < -0.4 is 9.80 Å². The molecule has 1 amide bonds. The van der Waals surface area contributed by atoms with Gasteiger partial charge in [-0.25, -0.2) is 8.78 Å². The van der Waals surface area contributed by atoms with Gasteiger partial charge in [0, 0.05) is 32.5 Å². The molecule has 0 heterocycles. The third-order valence-corrected chi connectivity index (χ3v) is 3.22. The lowest BCUT2D eigenvalue weighted by molar-refractivity contribution is 0.0988. The Balaban J connectivity index is 2.28. The van der Waals surface area contributed by atoms with Gasteiger partial charge in [-0.3, -0.25) is 4.79 Å². The van der Waals surface area contributed by atoms with Crippen LogP contribution in [0, 0.1) is 11.6 Å². The quantitative estimate of drug-likeness (QED) is 0.866. The Bertz CT molecular complexity index is 654. The number of hydrogen-bond acceptors (Lipinski definition) is 2. The zero-order chi connectivity index (χ0) is 15.6. The molecule has 0 N–H and O–H groups in total. The largest absolute Gasteiger partial charge is 0.378 e. The van der Waals surface area contributed by atoms with Crippen molar-refractivity contribution in [3.63, 3.8) is 0 Å². The van der Waals surface area contributed by atoms with Crippen LogP contribution in [0.5, 0.6) is 0 Å². The number of hydrogen-bond donors (Lipinski definition) is 0. The first-order valence-corrected chi connectivity index (χ1v) is 6.40. The number of nitrogens with zero attached hydrogens (tertiary/aromatic N) is 2. The Morgan fingerprint density at radius 2 is 1.48 bits per heavy atom. The first-order chi connectivity index (χ1) is 9.90. The van der Waals surface area contributed by atoms with Gasteiger partial charge in [-0.15, -0.1) is 0 Å². The van der Waals surface area contributed by atoms with Gasteiger partial charge >= 0.3 is 0 Å². The molecule has 0 spiro atoms. The number of amides is 1. The number of benzene rings is 2. The summed E-state index contributed by atoms with van der Waals surface area (Å²) in [5.41, 5.74) is 1.31. The molecule has 3 nitrogen and oxygen atoms in total. The molecule has 0 aliphatic heterocycles. The van der Waals surface area contributed by atoms with Gasteiger partial charge in [0.25, 0.3) is 5.91 Å². The minimum atomic E-state index is -0.738. The van der Waals surface area contributed by atoms with E-state index in [0.717, 1.165) is 23.9 Å². The summed E-state index contributed by atoms with van der Waals surface area (Å²) in [6, 6.07) is 10.0. The SMILES string of the molecule is CN(C)c1ccc(N(C)C(=O)c2cc(F)ccc2F)cc1. The third kappa shape index (κ3) is 3.18. The normalized spacial score (nSPS) is 10.3. The molecule has 0 saturated carbocycles. The molecule has 0 unspecified atom stereocenters. The molecule has 2 rings (SSSR count). The molecular formula is C16H16F2N2O. The average Bonchev–Trinajstić information content (AvgIpc) is 2.48. The van der Waals surface area contributed by atoms with E-state index in [0.29, 0.717) is 5.69 Å². The second-order valence-corrected chi connectivity index (χ2v) is 4.90. The summed E-state index contributed by atoms with van der Waals surface area (Å²) in [7, 11) is 5.34. The van der Waals surface area contributed by atoms with Crippen molar-refractivity contribution in [3.05, 3.63) is 59.7 Å². The van der Waals surface area contributed by atoms with Crippen molar-refractivity contribution in [2.75, 3.05) is 30.9 Å². The smallest absolute Gasteiger partial charge is 0.261 e. The van der Waals surface area contributed by atoms with Crippen molar-refractivity contribution >= 4 is 17.3 Å². The summed E-state index contributed by atoms with van der Waals surface area (Å²) < 4.78 is 26.8. The predicted molar refractivity (Wildman–Crippen MR) is 79.9 cm³/mol. The Morgan fingerprint density at radius 3 is 2.05 bits per heavy atom. The molecule has 110 valence electrons. The maximum Gasteiger partial charge on any atom is 0.261 e. The van der Waals surface area contributed by atoms with E-state index >= 15 is 0 Å². The summed E-state index contributed by atoms with van der Waals surface area (Å²) in [6.07, 6.45) is 0. The summed E-state index contributed by atoms with van der Waals surface area (Å²) in [5.74, 6) is -1.97. The molecule has 2 aromatic carbocycles. The zero-order valence-corrected chi connectivity index (χ0v) is 12.1. The van der Waals surface area contributed by atoms with Gasteiger partial charge < -0.3 is 9.80 Å². The van der Waals surface area contributed by atoms with Gasteiger partial charge in [0.2, 0.25) is 0 Å². The molecule has 0 fully saturated rings. The van der Waals surface area contributed by atoms with E-state index in [-0.39, 0.29) is 5.56 Å². The maximum absolute atomic E-state index is 13.6. The molecule has 0 aromatic heterocycles. The molecule has 5 heteroatoms. The molecular weight excluding hydrogens is 274 g/mol. The average molecular weight is 290 g/mol. The summed E-state index contributed by atoms with van der Waals surface area (Å²) in [5, 5.41) is 0. The summed E-state index contributed by atoms with van der Waals surface area (Å²) in [6.45, 7) is 0. The lowest BCUT2D eigenvalue weighted by Crippen LogP contribution is -2.27. The highest BCUT2D eigenvalue weighted by Gasteiger charge is 2.18. The number of halogens is 2. The fraction of sp³-hybridized carbons (Fsp3) is 0.188. The van der Waals surface area contributed by atoms with E-state index in [1.807, 2.05) is 31.1 Å². The second-order valence-electron chi connectivity index (χ2n) is 4.90. The van der Waals surface area contributed by atoms with Gasteiger partial charge in [0.1, 0.15) is 11.6 Å². The minimum absolute atomic E-state index is 0.283. The fourth-order valence-electron chi connectivity index (χ4n) is 1.93. The van der Waals surface area contributed by atoms with Crippen LogP contribution in [-0.2, 0) is 0 Å². The Hall–Kier alpha value is -2.43. The maximum atomic E-state index is 13.6. The first kappa shape index (κ1) is 15.0. The van der Waals surface area contributed by atoms with Crippen molar-refractivity contribution in [1.82, 2.24) is 0 Å². The van der Waals surface area contributed by atoms with Crippen LogP contribution in [0.15, 0.2) is 42.5 Å². The monoisotopic (exact) mass is 290 g/mol. The van der Waals surface area contributed by atoms with Crippen LogP contribution in [-0.4, -0.2) is 27.1 Å². The first-order valence-electron chi connectivity index (χ1n) is 6.40. The van der Waals surface area contributed by atoms with Crippen LogP contribution in [0.2, 0.25) is 0 Å². The lowest BCUT2D eigenvalue weighted by atomic mass is 10.1. The number of carbonyl (C=O) groups is 1. The van der Waals surface area contributed by atoms with Gasteiger partial charge in [0.15, 0.2) is 0 Å². The molecule has 0 aliphatic carbocycles. The molecule has 0 aliphatic rings. The van der Waals surface area contributed by atoms with Gasteiger partial charge in [-0.2, -0.15) is 0 Å². The van der Waals surface area contributed by atoms with Crippen molar-refractivity contribution < 1.29 is 13.6 Å². The second kappa shape index (κ2) is 5.91. The summed E-state index contributed by atoms with van der Waals surface area (Å²) >= 11 is 0. The zero-order valence-electron chi connectivity index (χ0n) is 12.1. The van der Waals surface area contributed by atoms with E-state index in [4.69, 9.17) is 0 Å². The topological polar surface area (TPSA) is 23.6 Å². The summed E-state index contributed by atoms with van der Waals surface area (Å²) in [4.78, 5) is 15.5. The standard InChI is InChI=1S/C16H16F2N2O/c1-19(2)12-5-7-13(8-6-12)20(3)16(21)14-10-11(17)4-9-15(14)18/h4-10H,1-3H3. The third-order valence-electron chi connectivity index (χ3n) is 3.22. The molecule has 2 aromatic rings. The highest BCUT2D eigenvalue weighted by atomic mass is 19.1. The van der Waals surface area contributed by atoms with Gasteiger partial charge in [-0.1, -0.05) is 0 Å². The minimum Gasteiger partial charge on any atom is -0.378 e. The highest BCUT2D eigenvalue weighted by molar-refractivity contribution is 6.05. The van der Waals surface area contributed by atoms with Gasteiger partial charge in [0.05, 0.1) is 5.56 Å². The van der Waals surface area contributed by atoms with E-state index < -0.39 is 17.5 Å². The van der Waals surface area contributed by atoms with E-state index in [9.17, 15) is 13.6 Å². The van der Waals surface area contributed by atoms with Crippen molar-refractivity contribution in [1.29, 1.82) is 0 Å². The molecule has 0 saturated heterocycles. The Morgan fingerprint density at radius 1 is 0.905 bits per heavy atom. The van der Waals surface area contributed by atoms with E-state index in [1.54, 1.807) is 12.1 Å². The lowest BCUT2D eigenvalue weighted by Gasteiger charge is -2.19. The Labute approximate surface area is 122 Å². The fourth-order valence-corrected chi connectivity index (χ4v) is 1.93. The molecule has 0 atom stereocenters. The molecule has 0 radical (unpaired) electrons. The highest BCUT2D eigenvalue weighted by Crippen LogP contribution is 2.21. The van der Waals surface area contributed by atoms with E-state index in [2.05, 4.69) is 0 Å². The van der Waals surface area contributed by atoms with Crippen LogP contribution in [0.25, 0.3) is 0 Å². The van der Waals surface area contributed by atoms with Crippen molar-refractivity contribution in [3.8, 4) is 0 Å². The van der Waals surface area contributed by atoms with Crippen molar-refractivity contribution in [2.24, 2.45) is 0 Å².